The predicted octanol–water partition coefficient (Wildman–Crippen LogP) is 5.86. The number of hydrogen-bond donors (Lipinski definition) is 4. The number of thioether (sulfide) groups is 1. The number of hydrogen-bond acceptors (Lipinski definition) is 6. The van der Waals surface area contributed by atoms with Crippen LogP contribution in [0.5, 0.6) is 11.5 Å². The number of anilines is 2. The Labute approximate surface area is 227 Å². The van der Waals surface area contributed by atoms with Gasteiger partial charge in [0.05, 0.1) is 22.4 Å². The van der Waals surface area contributed by atoms with Crippen LogP contribution in [0.4, 0.5) is 11.4 Å². The Bertz CT molecular complexity index is 1520. The van der Waals surface area contributed by atoms with Gasteiger partial charge in [-0.25, -0.2) is 9.59 Å². The molecule has 10 heteroatoms. The van der Waals surface area contributed by atoms with Crippen LogP contribution in [0.15, 0.2) is 102 Å². The molecule has 0 aliphatic carbocycles. The van der Waals surface area contributed by atoms with Gasteiger partial charge in [0, 0.05) is 16.3 Å². The zero-order valence-electron chi connectivity index (χ0n) is 20.3. The highest BCUT2D eigenvalue weighted by molar-refractivity contribution is 8.00. The molecule has 4 aromatic rings. The summed E-state index contributed by atoms with van der Waals surface area (Å²) in [6, 6.07) is 26.3. The lowest BCUT2D eigenvalue weighted by atomic mass is 10.0. The predicted molar refractivity (Wildman–Crippen MR) is 147 cm³/mol. The average Bonchev–Trinajstić information content (AvgIpc) is 2.93. The zero-order valence-corrected chi connectivity index (χ0v) is 21.1. The quantitative estimate of drug-likeness (QED) is 0.183. The molecule has 0 aromatic heterocycles. The summed E-state index contributed by atoms with van der Waals surface area (Å²) in [4.78, 5) is 48.6. The van der Waals surface area contributed by atoms with Gasteiger partial charge in [0.15, 0.2) is 0 Å². The van der Waals surface area contributed by atoms with Gasteiger partial charge < -0.3 is 25.6 Å². The van der Waals surface area contributed by atoms with E-state index in [9.17, 15) is 24.3 Å². The fourth-order valence-corrected chi connectivity index (χ4v) is 4.25. The second kappa shape index (κ2) is 12.4. The van der Waals surface area contributed by atoms with Crippen molar-refractivity contribution >= 4 is 46.9 Å². The van der Waals surface area contributed by atoms with Crippen LogP contribution in [-0.4, -0.2) is 39.7 Å². The lowest BCUT2D eigenvalue weighted by Crippen LogP contribution is -2.17. The second-order valence-corrected chi connectivity index (χ2v) is 9.18. The van der Waals surface area contributed by atoms with E-state index in [1.54, 1.807) is 48.5 Å². The van der Waals surface area contributed by atoms with Crippen LogP contribution in [-0.2, 0) is 4.79 Å². The molecule has 0 aliphatic heterocycles. The fraction of sp³-hybridized carbons (Fsp3) is 0.0345. The van der Waals surface area contributed by atoms with Crippen molar-refractivity contribution in [2.45, 2.75) is 4.90 Å². The minimum absolute atomic E-state index is 0.111. The van der Waals surface area contributed by atoms with E-state index >= 15 is 0 Å². The molecule has 39 heavy (non-hydrogen) atoms. The van der Waals surface area contributed by atoms with E-state index < -0.39 is 23.4 Å². The first-order valence-electron chi connectivity index (χ1n) is 11.6. The third-order valence-corrected chi connectivity index (χ3v) is 6.31. The number of carboxylic acid groups (broad SMARTS) is 2. The summed E-state index contributed by atoms with van der Waals surface area (Å²) in [5, 5.41) is 23.9. The van der Waals surface area contributed by atoms with Gasteiger partial charge in [-0.2, -0.15) is 0 Å². The van der Waals surface area contributed by atoms with E-state index in [1.807, 2.05) is 30.3 Å². The van der Waals surface area contributed by atoms with Crippen molar-refractivity contribution in [1.29, 1.82) is 0 Å². The Morgan fingerprint density at radius 1 is 0.667 bits per heavy atom. The summed E-state index contributed by atoms with van der Waals surface area (Å²) >= 11 is 1.26. The molecule has 0 atom stereocenters. The first-order valence-corrected chi connectivity index (χ1v) is 12.5. The van der Waals surface area contributed by atoms with Crippen molar-refractivity contribution in [3.05, 3.63) is 114 Å². The number of rotatable bonds is 10. The van der Waals surface area contributed by atoms with Gasteiger partial charge in [0.1, 0.15) is 11.5 Å². The molecule has 0 saturated carbocycles. The summed E-state index contributed by atoms with van der Waals surface area (Å²) in [6.07, 6.45) is 0. The highest BCUT2D eigenvalue weighted by atomic mass is 32.2. The molecule has 0 spiro atoms. The Hall–Kier alpha value is -5.09. The molecule has 0 aliphatic rings. The molecule has 4 rings (SSSR count). The van der Waals surface area contributed by atoms with Crippen molar-refractivity contribution in [3.8, 4) is 11.5 Å². The van der Waals surface area contributed by atoms with Gasteiger partial charge in [-0.1, -0.05) is 24.3 Å². The lowest BCUT2D eigenvalue weighted by molar-refractivity contribution is -0.113. The molecule has 196 valence electrons. The summed E-state index contributed by atoms with van der Waals surface area (Å²) in [5.41, 5.74) is 0.166. The Morgan fingerprint density at radius 3 is 2.08 bits per heavy atom. The SMILES string of the molecule is O=C(CSc1cccc(NC(=O)c2ccc(C(=O)O)cc2C(=O)O)c1)Nc1ccc(Oc2ccccc2)cc1. The molecule has 0 heterocycles. The number of benzene rings is 4. The number of carbonyl (C=O) groups excluding carboxylic acids is 2. The van der Waals surface area contributed by atoms with E-state index in [1.165, 1.54) is 17.8 Å². The van der Waals surface area contributed by atoms with Gasteiger partial charge >= 0.3 is 11.9 Å². The van der Waals surface area contributed by atoms with Gasteiger partial charge in [-0.05, 0) is 72.8 Å². The minimum atomic E-state index is -1.42. The molecule has 0 bridgehead atoms. The van der Waals surface area contributed by atoms with Crippen molar-refractivity contribution in [1.82, 2.24) is 0 Å². The molecule has 4 N–H and O–H groups in total. The van der Waals surface area contributed by atoms with Crippen LogP contribution in [0.1, 0.15) is 31.1 Å². The molecule has 2 amide bonds. The third-order valence-electron chi connectivity index (χ3n) is 5.32. The zero-order chi connectivity index (χ0) is 27.8. The van der Waals surface area contributed by atoms with Crippen LogP contribution in [0.3, 0.4) is 0 Å². The number of nitrogens with one attached hydrogen (secondary N) is 2. The number of amides is 2. The highest BCUT2D eigenvalue weighted by Crippen LogP contribution is 2.25. The van der Waals surface area contributed by atoms with Crippen LogP contribution < -0.4 is 15.4 Å². The largest absolute Gasteiger partial charge is 0.478 e. The number of carboxylic acids is 2. The first-order chi connectivity index (χ1) is 18.8. The van der Waals surface area contributed by atoms with E-state index in [4.69, 9.17) is 9.84 Å². The highest BCUT2D eigenvalue weighted by Gasteiger charge is 2.19. The van der Waals surface area contributed by atoms with Crippen LogP contribution in [0, 0.1) is 0 Å². The second-order valence-electron chi connectivity index (χ2n) is 8.13. The molecule has 0 unspecified atom stereocenters. The van der Waals surface area contributed by atoms with E-state index in [0.29, 0.717) is 27.8 Å². The Balaban J connectivity index is 1.33. The van der Waals surface area contributed by atoms with Gasteiger partial charge in [-0.3, -0.25) is 9.59 Å². The van der Waals surface area contributed by atoms with Crippen molar-refractivity contribution in [2.75, 3.05) is 16.4 Å². The molecule has 0 radical (unpaired) electrons. The standard InChI is InChI=1S/C29H22N2O7S/c32-26(30-19-10-12-22(13-11-19)38-21-6-2-1-3-7-21)17-39-23-8-4-5-20(16-23)31-27(33)24-14-9-18(28(34)35)15-25(24)29(36)37/h1-16H,17H2,(H,30,32)(H,31,33)(H,34,35)(H,36,37). The Kier molecular flexibility index (Phi) is 8.60. The van der Waals surface area contributed by atoms with Crippen molar-refractivity contribution in [2.24, 2.45) is 0 Å². The maximum absolute atomic E-state index is 12.7. The van der Waals surface area contributed by atoms with Crippen molar-refractivity contribution < 1.29 is 34.1 Å². The topological polar surface area (TPSA) is 142 Å². The maximum Gasteiger partial charge on any atom is 0.336 e. The third kappa shape index (κ3) is 7.46. The minimum Gasteiger partial charge on any atom is -0.478 e. The van der Waals surface area contributed by atoms with Crippen LogP contribution in [0.25, 0.3) is 0 Å². The summed E-state index contributed by atoms with van der Waals surface area (Å²) in [6.45, 7) is 0. The first kappa shape index (κ1) is 27.0. The molecule has 0 saturated heterocycles. The fourth-order valence-electron chi connectivity index (χ4n) is 3.49. The maximum atomic E-state index is 12.7. The molecular weight excluding hydrogens is 520 g/mol. The monoisotopic (exact) mass is 542 g/mol. The molecule has 9 nitrogen and oxygen atoms in total. The summed E-state index contributed by atoms with van der Waals surface area (Å²) in [7, 11) is 0. The normalized spacial score (nSPS) is 10.4. The van der Waals surface area contributed by atoms with E-state index in [2.05, 4.69) is 10.6 Å². The number of carbonyl (C=O) groups is 4. The number of ether oxygens (including phenoxy) is 1. The Morgan fingerprint density at radius 2 is 1.38 bits per heavy atom. The van der Waals surface area contributed by atoms with Crippen molar-refractivity contribution in [3.63, 3.8) is 0 Å². The number of aromatic carboxylic acids is 2. The van der Waals surface area contributed by atoms with E-state index in [0.717, 1.165) is 12.1 Å². The van der Waals surface area contributed by atoms with Crippen LogP contribution >= 0.6 is 11.8 Å². The average molecular weight is 543 g/mol. The molecule has 4 aromatic carbocycles. The van der Waals surface area contributed by atoms with Crippen LogP contribution in [0.2, 0.25) is 0 Å². The molecular formula is C29H22N2O7S. The lowest BCUT2D eigenvalue weighted by Gasteiger charge is -2.10. The van der Waals surface area contributed by atoms with Gasteiger partial charge in [0.25, 0.3) is 5.91 Å². The summed E-state index contributed by atoms with van der Waals surface area (Å²) in [5.74, 6) is -2.19. The number of para-hydroxylation sites is 1. The molecule has 0 fully saturated rings. The summed E-state index contributed by atoms with van der Waals surface area (Å²) < 4.78 is 5.74. The smallest absolute Gasteiger partial charge is 0.336 e. The van der Waals surface area contributed by atoms with Gasteiger partial charge in [-0.15, -0.1) is 11.8 Å². The van der Waals surface area contributed by atoms with E-state index in [-0.39, 0.29) is 22.8 Å². The van der Waals surface area contributed by atoms with Gasteiger partial charge in [0.2, 0.25) is 5.91 Å².